The second-order valence-electron chi connectivity index (χ2n) is 12.9. The molecule has 3 fully saturated rings. The van der Waals surface area contributed by atoms with Gasteiger partial charge in [-0.05, 0) is 67.7 Å². The summed E-state index contributed by atoms with van der Waals surface area (Å²) in [7, 11) is 1.57. The largest absolute Gasteiger partial charge is 0.496 e. The van der Waals surface area contributed by atoms with Crippen LogP contribution in [0, 0.1) is 17.8 Å². The molecule has 1 saturated heterocycles. The van der Waals surface area contributed by atoms with Crippen LogP contribution in [0.3, 0.4) is 0 Å². The molecule has 5 atom stereocenters. The highest BCUT2D eigenvalue weighted by atomic mass is 16.5. The van der Waals surface area contributed by atoms with E-state index in [2.05, 4.69) is 15.6 Å². The van der Waals surface area contributed by atoms with E-state index in [4.69, 9.17) is 9.47 Å². The number of ketones is 2. The van der Waals surface area contributed by atoms with Gasteiger partial charge in [-0.2, -0.15) is 0 Å². The molecule has 0 bridgehead atoms. The maximum atomic E-state index is 14.1. The first-order valence-electron chi connectivity index (χ1n) is 16.6. The number of rotatable bonds is 13. The van der Waals surface area contributed by atoms with E-state index in [1.54, 1.807) is 18.1 Å². The van der Waals surface area contributed by atoms with Gasteiger partial charge in [0.05, 0.1) is 26.4 Å². The third kappa shape index (κ3) is 7.10. The van der Waals surface area contributed by atoms with Crippen molar-refractivity contribution >= 4 is 40.2 Å². The third-order valence-electron chi connectivity index (χ3n) is 9.95. The van der Waals surface area contributed by atoms with Crippen molar-refractivity contribution in [2.24, 2.45) is 17.8 Å². The zero-order valence-electron chi connectivity index (χ0n) is 26.7. The number of fused-ring (bicyclic) bond motifs is 2. The van der Waals surface area contributed by atoms with Crippen LogP contribution in [-0.4, -0.2) is 78.1 Å². The van der Waals surface area contributed by atoms with Crippen molar-refractivity contribution in [2.45, 2.75) is 63.6 Å². The highest BCUT2D eigenvalue weighted by Crippen LogP contribution is 2.43. The molecule has 2 saturated carbocycles. The first-order valence-corrected chi connectivity index (χ1v) is 16.6. The second-order valence-corrected chi connectivity index (χ2v) is 12.9. The van der Waals surface area contributed by atoms with E-state index >= 15 is 0 Å². The molecule has 3 amide bonds. The Morgan fingerprint density at radius 1 is 1.02 bits per heavy atom. The molecule has 11 nitrogen and oxygen atoms in total. The molecule has 2 aromatic carbocycles. The van der Waals surface area contributed by atoms with E-state index < -0.39 is 35.6 Å². The Hall–Kier alpha value is -4.51. The first-order chi connectivity index (χ1) is 22.8. The number of nitrogens with one attached hydrogen (secondary N) is 3. The molecule has 47 heavy (non-hydrogen) atoms. The average Bonchev–Trinajstić information content (AvgIpc) is 3.88. The number of amides is 3. The smallest absolute Gasteiger partial charge is 0.289 e. The van der Waals surface area contributed by atoms with Crippen LogP contribution < -0.4 is 15.4 Å². The Balaban J connectivity index is 1.15. The van der Waals surface area contributed by atoms with Crippen LogP contribution in [0.2, 0.25) is 0 Å². The van der Waals surface area contributed by atoms with Crippen molar-refractivity contribution in [3.8, 4) is 5.75 Å². The van der Waals surface area contributed by atoms with Crippen molar-refractivity contribution in [3.63, 3.8) is 0 Å². The number of benzene rings is 2. The minimum Gasteiger partial charge on any atom is -0.496 e. The van der Waals surface area contributed by atoms with Crippen LogP contribution >= 0.6 is 0 Å². The predicted octanol–water partition coefficient (Wildman–Crippen LogP) is 3.56. The molecule has 6 rings (SSSR count). The number of carbonyl (C=O) groups excluding carboxylic acids is 5. The number of ether oxygens (including phenoxy) is 2. The number of hydrogen-bond acceptors (Lipinski definition) is 7. The SMILES string of the molecule is COc1cccc2[nH]c(C(=O)N3C[C@@H]4CCC[C@@H]4[C@H]3C(=O)N[C@@H](C[C@@H]3CCCC3=O)C(=O)C(=O)NCCOCc3ccccc3)cc12. The molecule has 0 radical (unpaired) electrons. The van der Waals surface area contributed by atoms with Crippen molar-refractivity contribution < 1.29 is 33.4 Å². The number of methoxy groups -OCH3 is 1. The lowest BCUT2D eigenvalue weighted by molar-refractivity contribution is -0.141. The summed E-state index contributed by atoms with van der Waals surface area (Å²) in [5.74, 6) is -2.05. The quantitative estimate of drug-likeness (QED) is 0.191. The highest BCUT2D eigenvalue weighted by molar-refractivity contribution is 6.38. The van der Waals surface area contributed by atoms with Crippen LogP contribution in [0.4, 0.5) is 0 Å². The first kappa shape index (κ1) is 32.4. The minimum atomic E-state index is -1.19. The van der Waals surface area contributed by atoms with Crippen molar-refractivity contribution in [2.75, 3.05) is 26.8 Å². The lowest BCUT2D eigenvalue weighted by Crippen LogP contribution is -2.55. The summed E-state index contributed by atoms with van der Waals surface area (Å²) in [6, 6.07) is 14.9. The molecular weight excluding hydrogens is 600 g/mol. The predicted molar refractivity (Wildman–Crippen MR) is 174 cm³/mol. The standard InChI is InChI=1S/C36H42N4O7/c1-46-31-15-7-13-27-26(31)19-29(38-27)36(45)40-20-24-11-5-12-25(24)32(40)34(43)39-28(18-23-10-6-14-30(23)41)33(42)35(44)37-16-17-47-21-22-8-3-2-4-9-22/h2-4,7-9,13,15,19,23-25,28,32,38H,5-6,10-12,14,16-18,20-21H2,1H3,(H,37,44)(H,39,43)/t23-,24-,25-,28-,32-/m0/s1. The van der Waals surface area contributed by atoms with Gasteiger partial charge in [0, 0.05) is 36.3 Å². The molecule has 3 aromatic rings. The summed E-state index contributed by atoms with van der Waals surface area (Å²) in [6.07, 6.45) is 4.46. The second kappa shape index (κ2) is 14.5. The van der Waals surface area contributed by atoms with Crippen LogP contribution in [0.5, 0.6) is 5.75 Å². The molecule has 0 spiro atoms. The van der Waals surface area contributed by atoms with E-state index in [-0.39, 0.29) is 43.1 Å². The number of hydrogen-bond donors (Lipinski definition) is 3. The van der Waals surface area contributed by atoms with Gasteiger partial charge in [-0.15, -0.1) is 0 Å². The maximum absolute atomic E-state index is 14.1. The molecule has 0 unspecified atom stereocenters. The average molecular weight is 643 g/mol. The Labute approximate surface area is 273 Å². The van der Waals surface area contributed by atoms with Gasteiger partial charge in [-0.25, -0.2) is 0 Å². The molecule has 3 N–H and O–H groups in total. The summed E-state index contributed by atoms with van der Waals surface area (Å²) in [4.78, 5) is 72.0. The van der Waals surface area contributed by atoms with Gasteiger partial charge in [0.15, 0.2) is 0 Å². The summed E-state index contributed by atoms with van der Waals surface area (Å²) < 4.78 is 11.1. The number of H-pyrrole nitrogens is 1. The lowest BCUT2D eigenvalue weighted by Gasteiger charge is -2.29. The summed E-state index contributed by atoms with van der Waals surface area (Å²) in [6.45, 7) is 1.12. The van der Waals surface area contributed by atoms with E-state index in [0.717, 1.165) is 35.7 Å². The fourth-order valence-electron chi connectivity index (χ4n) is 7.58. The van der Waals surface area contributed by atoms with Gasteiger partial charge in [0.2, 0.25) is 11.7 Å². The topological polar surface area (TPSA) is 147 Å². The maximum Gasteiger partial charge on any atom is 0.289 e. The molecule has 248 valence electrons. The van der Waals surface area contributed by atoms with E-state index in [1.807, 2.05) is 48.5 Å². The number of carbonyl (C=O) groups is 5. The Morgan fingerprint density at radius 2 is 1.85 bits per heavy atom. The number of Topliss-reactive ketones (excluding diaryl/α,β-unsaturated/α-hetero) is 2. The van der Waals surface area contributed by atoms with Crippen LogP contribution in [-0.2, 0) is 30.5 Å². The molecule has 2 aliphatic carbocycles. The monoisotopic (exact) mass is 642 g/mol. The van der Waals surface area contributed by atoms with Crippen LogP contribution in [0.1, 0.15) is 61.0 Å². The van der Waals surface area contributed by atoms with Crippen LogP contribution in [0.25, 0.3) is 10.9 Å². The van der Waals surface area contributed by atoms with Gasteiger partial charge in [0.25, 0.3) is 11.8 Å². The van der Waals surface area contributed by atoms with E-state index in [1.165, 1.54) is 0 Å². The highest BCUT2D eigenvalue weighted by Gasteiger charge is 2.50. The molecule has 2 heterocycles. The van der Waals surface area contributed by atoms with Gasteiger partial charge in [-0.3, -0.25) is 24.0 Å². The van der Waals surface area contributed by atoms with E-state index in [0.29, 0.717) is 43.9 Å². The van der Waals surface area contributed by atoms with Crippen LogP contribution in [0.15, 0.2) is 54.6 Å². The number of nitrogens with zero attached hydrogens (tertiary/aromatic N) is 1. The molecule has 1 aromatic heterocycles. The van der Waals surface area contributed by atoms with Crippen molar-refractivity contribution in [1.82, 2.24) is 20.5 Å². The van der Waals surface area contributed by atoms with Crippen molar-refractivity contribution in [1.29, 1.82) is 0 Å². The number of likely N-dealkylation sites (tertiary alicyclic amines) is 1. The molecule has 11 heteroatoms. The summed E-state index contributed by atoms with van der Waals surface area (Å²) >= 11 is 0. The number of aromatic nitrogens is 1. The van der Waals surface area contributed by atoms with Gasteiger partial charge >= 0.3 is 0 Å². The third-order valence-corrected chi connectivity index (χ3v) is 9.95. The zero-order valence-corrected chi connectivity index (χ0v) is 26.7. The fourth-order valence-corrected chi connectivity index (χ4v) is 7.58. The molecule has 3 aliphatic rings. The zero-order chi connectivity index (χ0) is 32.9. The summed E-state index contributed by atoms with van der Waals surface area (Å²) in [5, 5.41) is 6.22. The molecular formula is C36H42N4O7. The number of aromatic amines is 1. The van der Waals surface area contributed by atoms with Gasteiger partial charge < -0.3 is 30.0 Å². The fraction of sp³-hybridized carbons (Fsp3) is 0.472. The Morgan fingerprint density at radius 3 is 2.62 bits per heavy atom. The summed E-state index contributed by atoms with van der Waals surface area (Å²) in [5.41, 5.74) is 2.09. The Bertz CT molecular complexity index is 1640. The Kier molecular flexibility index (Phi) is 10.0. The van der Waals surface area contributed by atoms with Crippen molar-refractivity contribution in [3.05, 3.63) is 65.9 Å². The lowest BCUT2D eigenvalue weighted by atomic mass is 9.91. The van der Waals surface area contributed by atoms with E-state index in [9.17, 15) is 24.0 Å². The van der Waals surface area contributed by atoms with Gasteiger partial charge in [0.1, 0.15) is 23.3 Å². The van der Waals surface area contributed by atoms with Gasteiger partial charge in [-0.1, -0.05) is 42.8 Å². The minimum absolute atomic E-state index is 0.0366. The molecule has 1 aliphatic heterocycles. The normalized spacial score (nSPS) is 22.7.